The maximum absolute atomic E-state index is 12.7. The van der Waals surface area contributed by atoms with Gasteiger partial charge in [0.25, 0.3) is 5.91 Å². The zero-order valence-corrected chi connectivity index (χ0v) is 14.3. The highest BCUT2D eigenvalue weighted by Gasteiger charge is 2.28. The lowest BCUT2D eigenvalue weighted by molar-refractivity contribution is 0.0676. The summed E-state index contributed by atoms with van der Waals surface area (Å²) >= 11 is 0. The lowest BCUT2D eigenvalue weighted by Crippen LogP contribution is -2.51. The Morgan fingerprint density at radius 2 is 2.04 bits per heavy atom. The van der Waals surface area contributed by atoms with Gasteiger partial charge in [-0.3, -0.25) is 4.79 Å². The van der Waals surface area contributed by atoms with E-state index in [0.29, 0.717) is 25.2 Å². The summed E-state index contributed by atoms with van der Waals surface area (Å²) in [7, 11) is -3.52. The summed E-state index contributed by atoms with van der Waals surface area (Å²) in [6, 6.07) is 9.97. The third-order valence-corrected chi connectivity index (χ3v) is 5.73. The van der Waals surface area contributed by atoms with Gasteiger partial charge < -0.3 is 14.6 Å². The van der Waals surface area contributed by atoms with Crippen molar-refractivity contribution < 1.29 is 17.6 Å². The minimum Gasteiger partial charge on any atom is -0.459 e. The summed E-state index contributed by atoms with van der Waals surface area (Å²) in [6.45, 7) is 3.87. The van der Waals surface area contributed by atoms with Gasteiger partial charge in [0.05, 0.1) is 16.9 Å². The third-order valence-electron chi connectivity index (χ3n) is 4.04. The summed E-state index contributed by atoms with van der Waals surface area (Å²) < 4.78 is 30.4. The van der Waals surface area contributed by atoms with Crippen molar-refractivity contribution in [3.05, 3.63) is 54.0 Å². The molecule has 2 aromatic rings. The molecule has 1 aromatic carbocycles. The topological polar surface area (TPSA) is 79.6 Å². The number of carbonyl (C=O) groups is 1. The normalized spacial score (nSPS) is 18.5. The Balaban J connectivity index is 1.82. The first-order chi connectivity index (χ1) is 11.5. The number of piperazine rings is 1. The fraction of sp³-hybridized carbons (Fsp3) is 0.353. The van der Waals surface area contributed by atoms with Crippen molar-refractivity contribution >= 4 is 15.7 Å². The third kappa shape index (κ3) is 3.52. The van der Waals surface area contributed by atoms with Crippen LogP contribution >= 0.6 is 0 Å². The molecule has 1 fully saturated rings. The molecule has 7 heteroatoms. The van der Waals surface area contributed by atoms with Crippen molar-refractivity contribution in [3.8, 4) is 0 Å². The minimum absolute atomic E-state index is 0.114. The van der Waals surface area contributed by atoms with Crippen LogP contribution in [0.1, 0.15) is 23.0 Å². The van der Waals surface area contributed by atoms with E-state index >= 15 is 0 Å². The van der Waals surface area contributed by atoms with Crippen LogP contribution in [0.15, 0.2) is 52.0 Å². The Morgan fingerprint density at radius 1 is 1.29 bits per heavy atom. The van der Waals surface area contributed by atoms with Crippen LogP contribution in [-0.4, -0.2) is 44.9 Å². The second-order valence-electron chi connectivity index (χ2n) is 5.95. The molecule has 1 aliphatic rings. The van der Waals surface area contributed by atoms with E-state index in [4.69, 9.17) is 4.42 Å². The molecule has 128 valence electrons. The molecule has 3 rings (SSSR count). The first-order valence-electron chi connectivity index (χ1n) is 7.84. The Morgan fingerprint density at radius 3 is 2.75 bits per heavy atom. The van der Waals surface area contributed by atoms with Gasteiger partial charge in [-0.05, 0) is 25.1 Å². The summed E-state index contributed by atoms with van der Waals surface area (Å²) in [6.07, 6.45) is 1.37. The number of sulfone groups is 1. The van der Waals surface area contributed by atoms with Crippen molar-refractivity contribution in [2.45, 2.75) is 23.6 Å². The Hall–Kier alpha value is -2.12. The van der Waals surface area contributed by atoms with Crippen LogP contribution in [0.2, 0.25) is 0 Å². The molecule has 1 amide bonds. The minimum atomic E-state index is -3.52. The van der Waals surface area contributed by atoms with Crippen LogP contribution in [0.25, 0.3) is 0 Å². The van der Waals surface area contributed by atoms with Crippen LogP contribution in [0, 0.1) is 0 Å². The Labute approximate surface area is 141 Å². The largest absolute Gasteiger partial charge is 0.459 e. The van der Waals surface area contributed by atoms with Gasteiger partial charge in [-0.1, -0.05) is 18.2 Å². The van der Waals surface area contributed by atoms with E-state index in [1.165, 1.54) is 6.26 Å². The van der Waals surface area contributed by atoms with E-state index in [1.807, 2.05) is 6.92 Å². The number of amides is 1. The van der Waals surface area contributed by atoms with E-state index < -0.39 is 9.84 Å². The highest BCUT2D eigenvalue weighted by atomic mass is 32.2. The molecule has 0 saturated carbocycles. The molecule has 2 heterocycles. The highest BCUT2D eigenvalue weighted by molar-refractivity contribution is 7.90. The summed E-state index contributed by atoms with van der Waals surface area (Å²) in [5.74, 6) is -0.397. The van der Waals surface area contributed by atoms with Gasteiger partial charge in [0, 0.05) is 31.2 Å². The molecule has 1 aromatic heterocycles. The molecule has 0 spiro atoms. The van der Waals surface area contributed by atoms with Crippen LogP contribution < -0.4 is 5.32 Å². The SMILES string of the molecule is CC1CN(C(=O)c2occc2CS(=O)(=O)c2ccccc2)CCN1. The van der Waals surface area contributed by atoms with E-state index in [2.05, 4.69) is 5.32 Å². The van der Waals surface area contributed by atoms with Gasteiger partial charge in [-0.25, -0.2) is 8.42 Å². The average Bonchev–Trinajstić information content (AvgIpc) is 3.02. The van der Waals surface area contributed by atoms with Crippen molar-refractivity contribution in [1.82, 2.24) is 10.2 Å². The number of nitrogens with one attached hydrogen (secondary N) is 1. The number of nitrogens with zero attached hydrogens (tertiary/aromatic N) is 1. The molecule has 0 bridgehead atoms. The molecular formula is C17H20N2O4S. The molecule has 1 saturated heterocycles. The first kappa shape index (κ1) is 16.7. The summed E-state index contributed by atoms with van der Waals surface area (Å²) in [4.78, 5) is 14.6. The Kier molecular flexibility index (Phi) is 4.73. The predicted molar refractivity (Wildman–Crippen MR) is 89.4 cm³/mol. The molecule has 1 aliphatic heterocycles. The number of rotatable bonds is 4. The van der Waals surface area contributed by atoms with E-state index in [-0.39, 0.29) is 28.4 Å². The lowest BCUT2D eigenvalue weighted by Gasteiger charge is -2.31. The maximum atomic E-state index is 12.7. The molecule has 0 aliphatic carbocycles. The maximum Gasteiger partial charge on any atom is 0.289 e. The van der Waals surface area contributed by atoms with Gasteiger partial charge in [0.15, 0.2) is 15.6 Å². The van der Waals surface area contributed by atoms with Crippen LogP contribution in [-0.2, 0) is 15.6 Å². The average molecular weight is 348 g/mol. The number of furan rings is 1. The highest BCUT2D eigenvalue weighted by Crippen LogP contribution is 2.21. The van der Waals surface area contributed by atoms with Crippen LogP contribution in [0.4, 0.5) is 0 Å². The number of carbonyl (C=O) groups excluding carboxylic acids is 1. The number of hydrogen-bond donors (Lipinski definition) is 1. The van der Waals surface area contributed by atoms with Crippen molar-refractivity contribution in [3.63, 3.8) is 0 Å². The van der Waals surface area contributed by atoms with Gasteiger partial charge >= 0.3 is 0 Å². The molecular weight excluding hydrogens is 328 g/mol. The fourth-order valence-corrected chi connectivity index (χ4v) is 4.19. The fourth-order valence-electron chi connectivity index (χ4n) is 2.81. The van der Waals surface area contributed by atoms with Crippen molar-refractivity contribution in [2.75, 3.05) is 19.6 Å². The lowest BCUT2D eigenvalue weighted by atomic mass is 10.2. The molecule has 1 N–H and O–H groups in total. The van der Waals surface area contributed by atoms with Crippen molar-refractivity contribution in [2.24, 2.45) is 0 Å². The summed E-state index contributed by atoms with van der Waals surface area (Å²) in [5.41, 5.74) is 0.398. The van der Waals surface area contributed by atoms with Gasteiger partial charge in [0.1, 0.15) is 0 Å². The van der Waals surface area contributed by atoms with E-state index in [0.717, 1.165) is 0 Å². The molecule has 24 heavy (non-hydrogen) atoms. The van der Waals surface area contributed by atoms with Gasteiger partial charge in [-0.2, -0.15) is 0 Å². The van der Waals surface area contributed by atoms with Gasteiger partial charge in [0.2, 0.25) is 0 Å². The molecule has 0 radical (unpaired) electrons. The number of benzene rings is 1. The van der Waals surface area contributed by atoms with Crippen LogP contribution in [0.5, 0.6) is 0 Å². The quantitative estimate of drug-likeness (QED) is 0.909. The van der Waals surface area contributed by atoms with E-state index in [9.17, 15) is 13.2 Å². The molecule has 1 atom stereocenters. The second-order valence-corrected chi connectivity index (χ2v) is 7.94. The summed E-state index contributed by atoms with van der Waals surface area (Å²) in [5, 5.41) is 3.27. The molecule has 6 nitrogen and oxygen atoms in total. The second kappa shape index (κ2) is 6.78. The Bertz CT molecular complexity index is 814. The zero-order valence-electron chi connectivity index (χ0n) is 13.4. The van der Waals surface area contributed by atoms with Crippen molar-refractivity contribution in [1.29, 1.82) is 0 Å². The van der Waals surface area contributed by atoms with E-state index in [1.54, 1.807) is 41.3 Å². The first-order valence-corrected chi connectivity index (χ1v) is 9.49. The molecule has 1 unspecified atom stereocenters. The van der Waals surface area contributed by atoms with Crippen LogP contribution in [0.3, 0.4) is 0 Å². The zero-order chi connectivity index (χ0) is 17.2. The number of hydrogen-bond acceptors (Lipinski definition) is 5. The smallest absolute Gasteiger partial charge is 0.289 e. The predicted octanol–water partition coefficient (Wildman–Crippen LogP) is 1.69. The standard InChI is InChI=1S/C17H20N2O4S/c1-13-11-19(9-8-18-13)17(20)16-14(7-10-23-16)12-24(21,22)15-5-3-2-4-6-15/h2-7,10,13,18H,8-9,11-12H2,1H3. The monoisotopic (exact) mass is 348 g/mol. The van der Waals surface area contributed by atoms with Gasteiger partial charge in [-0.15, -0.1) is 0 Å².